The lowest BCUT2D eigenvalue weighted by atomic mass is 9.97. The van der Waals surface area contributed by atoms with E-state index in [-0.39, 0.29) is 18.5 Å². The largest absolute Gasteiger partial charge is 0.416 e. The van der Waals surface area contributed by atoms with Crippen LogP contribution in [0.3, 0.4) is 0 Å². The number of carbonyl (C=O) groups excluding carboxylic acids is 1. The van der Waals surface area contributed by atoms with Gasteiger partial charge in [0.15, 0.2) is 0 Å². The average molecular weight is 446 g/mol. The number of likely N-dealkylation sites (tertiary alicyclic amines) is 2. The minimum absolute atomic E-state index is 0.0457. The number of hydrogen-bond donors (Lipinski definition) is 1. The van der Waals surface area contributed by atoms with Crippen molar-refractivity contribution in [2.24, 2.45) is 0 Å². The van der Waals surface area contributed by atoms with Crippen LogP contribution in [-0.4, -0.2) is 47.4 Å². The predicted octanol–water partition coefficient (Wildman–Crippen LogP) is 4.45. The molecule has 0 saturated carbocycles. The van der Waals surface area contributed by atoms with E-state index in [4.69, 9.17) is 0 Å². The average Bonchev–Trinajstić information content (AvgIpc) is 2.80. The number of piperidine rings is 2. The molecule has 2 aliphatic heterocycles. The first kappa shape index (κ1) is 22.8. The fourth-order valence-electron chi connectivity index (χ4n) is 4.76. The Hall–Kier alpha value is -2.38. The van der Waals surface area contributed by atoms with Gasteiger partial charge in [0, 0.05) is 38.8 Å². The molecular formula is C25H30F3N3O. The van der Waals surface area contributed by atoms with E-state index >= 15 is 0 Å². The summed E-state index contributed by atoms with van der Waals surface area (Å²) >= 11 is 0. The van der Waals surface area contributed by atoms with Crippen LogP contribution in [-0.2, 0) is 24.1 Å². The van der Waals surface area contributed by atoms with Crippen LogP contribution in [0.1, 0.15) is 42.4 Å². The van der Waals surface area contributed by atoms with Crippen LogP contribution in [0.5, 0.6) is 0 Å². The topological polar surface area (TPSA) is 35.6 Å². The Morgan fingerprint density at radius 1 is 0.906 bits per heavy atom. The third-order valence-electron chi connectivity index (χ3n) is 6.54. The molecule has 0 bridgehead atoms. The van der Waals surface area contributed by atoms with E-state index in [1.165, 1.54) is 11.6 Å². The Kier molecular flexibility index (Phi) is 7.16. The maximum Gasteiger partial charge on any atom is 0.416 e. The van der Waals surface area contributed by atoms with Gasteiger partial charge in [0.1, 0.15) is 0 Å². The van der Waals surface area contributed by atoms with Gasteiger partial charge in [-0.2, -0.15) is 13.2 Å². The molecule has 0 spiro atoms. The van der Waals surface area contributed by atoms with Crippen molar-refractivity contribution in [1.29, 1.82) is 0 Å². The highest BCUT2D eigenvalue weighted by molar-refractivity contribution is 5.82. The molecule has 2 aromatic rings. The second kappa shape index (κ2) is 10.0. The Morgan fingerprint density at radius 2 is 1.62 bits per heavy atom. The normalized spacial score (nSPS) is 21.2. The van der Waals surface area contributed by atoms with Crippen molar-refractivity contribution in [3.63, 3.8) is 0 Å². The van der Waals surface area contributed by atoms with Gasteiger partial charge in [0.2, 0.25) is 5.91 Å². The first-order valence-corrected chi connectivity index (χ1v) is 11.4. The van der Waals surface area contributed by atoms with E-state index < -0.39 is 11.7 Å². The number of amides is 1. The van der Waals surface area contributed by atoms with Gasteiger partial charge in [-0.05, 0) is 48.9 Å². The molecular weight excluding hydrogens is 415 g/mol. The quantitative estimate of drug-likeness (QED) is 0.714. The van der Waals surface area contributed by atoms with Gasteiger partial charge in [-0.15, -0.1) is 0 Å². The van der Waals surface area contributed by atoms with Crippen molar-refractivity contribution in [3.05, 3.63) is 71.3 Å². The number of halogens is 3. The Labute approximate surface area is 187 Å². The highest BCUT2D eigenvalue weighted by Gasteiger charge is 2.35. The van der Waals surface area contributed by atoms with E-state index in [2.05, 4.69) is 22.3 Å². The third-order valence-corrected chi connectivity index (χ3v) is 6.54. The first-order chi connectivity index (χ1) is 15.4. The highest BCUT2D eigenvalue weighted by Crippen LogP contribution is 2.30. The zero-order valence-corrected chi connectivity index (χ0v) is 18.2. The second-order valence-corrected chi connectivity index (χ2v) is 8.79. The summed E-state index contributed by atoms with van der Waals surface area (Å²) in [6, 6.07) is 15.9. The summed E-state index contributed by atoms with van der Waals surface area (Å²) < 4.78 is 39.1. The fraction of sp³-hybridized carbons (Fsp3) is 0.480. The van der Waals surface area contributed by atoms with E-state index in [9.17, 15) is 18.0 Å². The van der Waals surface area contributed by atoms with Crippen LogP contribution in [0, 0.1) is 0 Å². The summed E-state index contributed by atoms with van der Waals surface area (Å²) in [6.07, 6.45) is -0.695. The minimum Gasteiger partial charge on any atom is -0.337 e. The molecule has 1 N–H and O–H groups in total. The van der Waals surface area contributed by atoms with Gasteiger partial charge in [-0.25, -0.2) is 0 Å². The van der Waals surface area contributed by atoms with E-state index in [0.717, 1.165) is 57.5 Å². The maximum atomic E-state index is 13.1. The van der Waals surface area contributed by atoms with Crippen LogP contribution in [0.2, 0.25) is 0 Å². The third kappa shape index (κ3) is 5.70. The van der Waals surface area contributed by atoms with Crippen molar-refractivity contribution >= 4 is 5.91 Å². The van der Waals surface area contributed by atoms with Crippen molar-refractivity contribution in [3.8, 4) is 0 Å². The van der Waals surface area contributed by atoms with Gasteiger partial charge in [0.05, 0.1) is 11.6 Å². The first-order valence-electron chi connectivity index (χ1n) is 11.4. The van der Waals surface area contributed by atoms with Gasteiger partial charge in [-0.1, -0.05) is 42.5 Å². The van der Waals surface area contributed by atoms with E-state index in [0.29, 0.717) is 18.2 Å². The number of carbonyl (C=O) groups is 1. The summed E-state index contributed by atoms with van der Waals surface area (Å²) in [5, 5.41) is 3.62. The van der Waals surface area contributed by atoms with E-state index in [1.807, 2.05) is 18.2 Å². The van der Waals surface area contributed by atoms with Gasteiger partial charge in [-0.3, -0.25) is 9.69 Å². The lowest BCUT2D eigenvalue weighted by Gasteiger charge is -2.41. The molecule has 4 rings (SSSR count). The molecule has 32 heavy (non-hydrogen) atoms. The number of alkyl halides is 3. The van der Waals surface area contributed by atoms with Crippen LogP contribution in [0.4, 0.5) is 13.2 Å². The molecule has 1 atom stereocenters. The molecule has 0 aromatic heterocycles. The van der Waals surface area contributed by atoms with Crippen molar-refractivity contribution in [2.75, 3.05) is 19.6 Å². The summed E-state index contributed by atoms with van der Waals surface area (Å²) in [5.41, 5.74) is 1.13. The molecule has 0 radical (unpaired) electrons. The molecule has 7 heteroatoms. The second-order valence-electron chi connectivity index (χ2n) is 8.79. The fourth-order valence-corrected chi connectivity index (χ4v) is 4.76. The zero-order chi connectivity index (χ0) is 22.6. The summed E-state index contributed by atoms with van der Waals surface area (Å²) in [5.74, 6) is 0.0457. The highest BCUT2D eigenvalue weighted by atomic mass is 19.4. The van der Waals surface area contributed by atoms with Crippen molar-refractivity contribution in [2.45, 2.75) is 57.0 Å². The summed E-state index contributed by atoms with van der Waals surface area (Å²) in [4.78, 5) is 17.1. The predicted molar refractivity (Wildman–Crippen MR) is 118 cm³/mol. The smallest absolute Gasteiger partial charge is 0.337 e. The Bertz CT molecular complexity index is 895. The number of nitrogens with one attached hydrogen (secondary N) is 1. The lowest BCUT2D eigenvalue weighted by Crippen LogP contribution is -2.55. The van der Waals surface area contributed by atoms with Gasteiger partial charge < -0.3 is 10.2 Å². The Morgan fingerprint density at radius 3 is 2.34 bits per heavy atom. The number of rotatable bonds is 6. The number of benzene rings is 2. The van der Waals surface area contributed by atoms with Crippen LogP contribution in [0.25, 0.3) is 0 Å². The number of hydrogen-bond acceptors (Lipinski definition) is 3. The van der Waals surface area contributed by atoms with Crippen LogP contribution >= 0.6 is 0 Å². The molecule has 2 aromatic carbocycles. The molecule has 2 heterocycles. The molecule has 172 valence electrons. The van der Waals surface area contributed by atoms with Gasteiger partial charge in [0.25, 0.3) is 0 Å². The van der Waals surface area contributed by atoms with Crippen molar-refractivity contribution in [1.82, 2.24) is 15.1 Å². The zero-order valence-electron chi connectivity index (χ0n) is 18.2. The lowest BCUT2D eigenvalue weighted by molar-refractivity contribution is -0.141. The van der Waals surface area contributed by atoms with Gasteiger partial charge >= 0.3 is 6.18 Å². The molecule has 1 amide bonds. The molecule has 0 aliphatic carbocycles. The Balaban J connectivity index is 1.30. The standard InChI is InChI=1S/C25H30F3N3O/c26-25(27,28)21-9-4-8-20(16-21)18-31-13-5-10-23(24(31)32)30-14-11-22(12-15-30)29-17-19-6-2-1-3-7-19/h1-4,6-9,16,22-23,29H,5,10-15,17-18H2. The van der Waals surface area contributed by atoms with Crippen LogP contribution < -0.4 is 5.32 Å². The number of nitrogens with zero attached hydrogens (tertiary/aromatic N) is 2. The molecule has 4 nitrogen and oxygen atoms in total. The monoisotopic (exact) mass is 445 g/mol. The molecule has 2 saturated heterocycles. The molecule has 2 fully saturated rings. The van der Waals surface area contributed by atoms with Crippen molar-refractivity contribution < 1.29 is 18.0 Å². The van der Waals surface area contributed by atoms with E-state index in [1.54, 1.807) is 11.0 Å². The SMILES string of the molecule is O=C1C(N2CCC(NCc3ccccc3)CC2)CCCN1Cc1cccc(C(F)(F)F)c1. The summed E-state index contributed by atoms with van der Waals surface area (Å²) in [7, 11) is 0. The summed E-state index contributed by atoms with van der Waals surface area (Å²) in [6.45, 7) is 3.40. The molecule has 1 unspecified atom stereocenters. The van der Waals surface area contributed by atoms with Crippen LogP contribution in [0.15, 0.2) is 54.6 Å². The maximum absolute atomic E-state index is 13.1. The molecule has 2 aliphatic rings. The minimum atomic E-state index is -4.37.